The van der Waals surface area contributed by atoms with Crippen LogP contribution in [-0.2, 0) is 33.2 Å². The molecule has 0 N–H and O–H groups in total. The van der Waals surface area contributed by atoms with Crippen LogP contribution in [0.25, 0.3) is 0 Å². The van der Waals surface area contributed by atoms with Crippen molar-refractivity contribution in [3.63, 3.8) is 0 Å². The topological polar surface area (TPSA) is 144 Å². The third-order valence-electron chi connectivity index (χ3n) is 7.06. The van der Waals surface area contributed by atoms with Gasteiger partial charge >= 0.3 is 22.4 Å². The monoisotopic (exact) mass is 691 g/mol. The number of nitrogens with zero attached hydrogens (tertiary/aromatic N) is 7. The summed E-state index contributed by atoms with van der Waals surface area (Å²) < 4.78 is 0. The van der Waals surface area contributed by atoms with E-state index < -0.39 is 15.9 Å². The third-order valence-corrected chi connectivity index (χ3v) is 7.06. The van der Waals surface area contributed by atoms with Crippen molar-refractivity contribution in [2.24, 2.45) is 0 Å². The molecule has 230 valence electrons. The van der Waals surface area contributed by atoms with E-state index >= 15 is 0 Å². The molecule has 0 spiro atoms. The van der Waals surface area contributed by atoms with Crippen LogP contribution in [0.15, 0.2) is 146 Å². The average Bonchev–Trinajstić information content (AvgIpc) is 3.10. The maximum Gasteiger partial charge on any atom is 1.00 e. The van der Waals surface area contributed by atoms with Crippen LogP contribution in [-0.4, -0.2) is 35.0 Å². The average molecular weight is 693 g/mol. The summed E-state index contributed by atoms with van der Waals surface area (Å²) in [5.41, 5.74) is 4.74. The summed E-state index contributed by atoms with van der Waals surface area (Å²) in [6.07, 6.45) is 10.8. The second kappa shape index (κ2) is 16.6. The van der Waals surface area contributed by atoms with E-state index in [0.717, 1.165) is 34.2 Å². The molecule has 6 rings (SSSR count). The van der Waals surface area contributed by atoms with Crippen molar-refractivity contribution >= 4 is 0 Å². The maximum absolute atomic E-state index is 8.25. The van der Waals surface area contributed by atoms with Gasteiger partial charge in [-0.05, 0) is 86.6 Å². The summed E-state index contributed by atoms with van der Waals surface area (Å²) >= 11 is 0. The van der Waals surface area contributed by atoms with Crippen molar-refractivity contribution in [2.75, 3.05) is 0 Å². The summed E-state index contributed by atoms with van der Waals surface area (Å²) in [5, 5.41) is 14.8. The molecule has 0 unspecified atom stereocenters. The van der Waals surface area contributed by atoms with Gasteiger partial charge in [0, 0.05) is 37.2 Å². The van der Waals surface area contributed by atoms with E-state index in [2.05, 4.69) is 43.8 Å². The number of pyridine rings is 6. The van der Waals surface area contributed by atoms with Crippen LogP contribution in [0.4, 0.5) is 0 Å². The Kier molecular flexibility index (Phi) is 12.7. The van der Waals surface area contributed by atoms with E-state index in [1.54, 1.807) is 37.2 Å². The Morgan fingerprint density at radius 1 is 0.422 bits per heavy atom. The molecule has 0 radical (unpaired) electrons. The summed E-state index contributed by atoms with van der Waals surface area (Å²) in [4.78, 5) is 35.4. The molecule has 0 aromatic carbocycles. The number of hydrogen-bond acceptors (Lipinski definition) is 9. The van der Waals surface area contributed by atoms with E-state index in [-0.39, 0.29) is 22.4 Å². The predicted octanol–water partition coefficient (Wildman–Crippen LogP) is 6.21. The summed E-state index contributed by atoms with van der Waals surface area (Å²) in [6.45, 7) is 4.22. The first-order valence-corrected chi connectivity index (χ1v) is 13.7. The number of hydrogen-bond donors (Lipinski definition) is 0. The van der Waals surface area contributed by atoms with Crippen molar-refractivity contribution in [2.45, 2.75) is 24.7 Å². The van der Waals surface area contributed by atoms with Crippen LogP contribution in [0.5, 0.6) is 0 Å². The van der Waals surface area contributed by atoms with E-state index in [1.807, 2.05) is 109 Å². The van der Waals surface area contributed by atoms with Gasteiger partial charge in [-0.25, -0.2) is 0 Å². The van der Waals surface area contributed by atoms with Gasteiger partial charge < -0.3 is 15.3 Å². The molecule has 0 aliphatic heterocycles. The fraction of sp³-hybridized carbons (Fsp3) is 0.118. The largest absolute Gasteiger partial charge is 1.00 e. The van der Waals surface area contributed by atoms with Gasteiger partial charge in [0.05, 0.1) is 50.1 Å². The first-order valence-electron chi connectivity index (χ1n) is 13.7. The minimum absolute atomic E-state index is 0. The van der Waals surface area contributed by atoms with Crippen LogP contribution >= 0.6 is 0 Å². The van der Waals surface area contributed by atoms with Gasteiger partial charge in [-0.15, -0.1) is 0 Å². The van der Waals surface area contributed by atoms with E-state index in [0.29, 0.717) is 0 Å². The van der Waals surface area contributed by atoms with Crippen molar-refractivity contribution in [1.82, 2.24) is 29.9 Å². The predicted molar refractivity (Wildman–Crippen MR) is 167 cm³/mol. The quantitative estimate of drug-likeness (QED) is 0.113. The van der Waals surface area contributed by atoms with Gasteiger partial charge in [0.25, 0.3) is 0 Å². The van der Waals surface area contributed by atoms with Crippen LogP contribution in [0.3, 0.4) is 0 Å². The first kappa shape index (κ1) is 34.3. The zero-order chi connectivity index (χ0) is 31.3. The van der Waals surface area contributed by atoms with Crippen molar-refractivity contribution in [1.29, 1.82) is 0 Å². The second-order valence-electron chi connectivity index (χ2n) is 9.76. The molecule has 10 nitrogen and oxygen atoms in total. The van der Waals surface area contributed by atoms with E-state index in [1.165, 1.54) is 0 Å². The van der Waals surface area contributed by atoms with E-state index in [9.17, 15) is 0 Å². The molecule has 6 aromatic rings. The van der Waals surface area contributed by atoms with Crippen molar-refractivity contribution in [3.8, 4) is 0 Å². The molecular formula is C34H30AgN7O3. The van der Waals surface area contributed by atoms with Crippen LogP contribution < -0.4 is 0 Å². The van der Waals surface area contributed by atoms with Crippen LogP contribution in [0, 0.1) is 15.3 Å². The molecule has 0 bridgehead atoms. The molecular weight excluding hydrogens is 662 g/mol. The zero-order valence-electron chi connectivity index (χ0n) is 24.5. The fourth-order valence-corrected chi connectivity index (χ4v) is 4.74. The van der Waals surface area contributed by atoms with Gasteiger partial charge in [0.15, 0.2) is 0 Å². The molecule has 0 aliphatic rings. The van der Waals surface area contributed by atoms with Crippen LogP contribution in [0.2, 0.25) is 0 Å². The fourth-order valence-electron chi connectivity index (χ4n) is 4.74. The minimum atomic E-state index is -1.75. The first-order chi connectivity index (χ1) is 21.4. The number of rotatable bonds is 6. The molecule has 6 aromatic heterocycles. The van der Waals surface area contributed by atoms with Gasteiger partial charge in [-0.2, -0.15) is 0 Å². The third kappa shape index (κ3) is 8.48. The Labute approximate surface area is 277 Å². The molecule has 0 saturated heterocycles. The van der Waals surface area contributed by atoms with Crippen molar-refractivity contribution in [3.05, 3.63) is 196 Å². The zero-order valence-corrected chi connectivity index (χ0v) is 26.0. The minimum Gasteiger partial charge on any atom is -0.356 e. The normalized spacial score (nSPS) is 10.5. The molecule has 0 saturated carbocycles. The smallest absolute Gasteiger partial charge is 0.356 e. The van der Waals surface area contributed by atoms with Crippen molar-refractivity contribution < 1.29 is 27.5 Å². The molecule has 45 heavy (non-hydrogen) atoms. The molecule has 0 aliphatic carbocycles. The van der Waals surface area contributed by atoms with Gasteiger partial charge in [-0.1, -0.05) is 36.4 Å². The molecule has 6 heterocycles. The van der Waals surface area contributed by atoms with Crippen LogP contribution in [0.1, 0.15) is 48.0 Å². The molecule has 0 fully saturated rings. The van der Waals surface area contributed by atoms with Gasteiger partial charge in [0.1, 0.15) is 0 Å². The number of aromatic nitrogens is 6. The standard InChI is InChI=1S/2C17H15N3.Ag.NO3/c2*1-17(14-8-2-5-11-18-14,15-9-3-6-12-19-15)16-10-4-7-13-20-16;;2-1(3)4/h2*2-13H,1H3;;/q;;+1;-1. The Balaban J connectivity index is 0.000000215. The molecule has 0 atom stereocenters. The molecule has 11 heteroatoms. The van der Waals surface area contributed by atoms with Gasteiger partial charge in [0.2, 0.25) is 0 Å². The van der Waals surface area contributed by atoms with Gasteiger partial charge in [-0.3, -0.25) is 29.9 Å². The van der Waals surface area contributed by atoms with E-state index in [4.69, 9.17) is 15.3 Å². The summed E-state index contributed by atoms with van der Waals surface area (Å²) in [7, 11) is 0. The Bertz CT molecular complexity index is 1380. The summed E-state index contributed by atoms with van der Waals surface area (Å²) in [6, 6.07) is 35.6. The maximum atomic E-state index is 8.25. The Morgan fingerprint density at radius 2 is 0.578 bits per heavy atom. The Hall–Kier alpha value is -5.16. The second-order valence-corrected chi connectivity index (χ2v) is 9.76. The SMILES string of the molecule is CC(c1ccccn1)(c1ccccn1)c1ccccn1.CC(c1ccccn1)(c1ccccn1)c1ccccn1.O=[N+]([O-])[O-].[Ag+]. The molecule has 0 amide bonds. The Morgan fingerprint density at radius 3 is 0.689 bits per heavy atom. The summed E-state index contributed by atoms with van der Waals surface area (Å²) in [5.74, 6) is 0.